The quantitative estimate of drug-likeness (QED) is 0.689. The minimum absolute atomic E-state index is 0.260. The smallest absolute Gasteiger partial charge is 0.129 e. The summed E-state index contributed by atoms with van der Waals surface area (Å²) >= 11 is 3.28. The molecule has 0 aromatic heterocycles. The molecule has 1 aliphatic rings. The molecule has 0 amide bonds. The molecule has 0 atom stereocenters. The van der Waals surface area contributed by atoms with Gasteiger partial charge < -0.3 is 4.74 Å². The van der Waals surface area contributed by atoms with Crippen LogP contribution < -0.4 is 4.74 Å². The molecule has 3 rings (SSSR count). The Kier molecular flexibility index (Phi) is 3.26. The molecule has 0 bridgehead atoms. The Morgan fingerprint density at radius 2 is 2.00 bits per heavy atom. The minimum atomic E-state index is -0.559. The van der Waals surface area contributed by atoms with E-state index in [2.05, 4.69) is 22.0 Å². The molecule has 21 heavy (non-hydrogen) atoms. The average Bonchev–Trinajstić information content (AvgIpc) is 2.47. The van der Waals surface area contributed by atoms with Gasteiger partial charge in [-0.25, -0.2) is 4.39 Å². The highest BCUT2D eigenvalue weighted by atomic mass is 79.9. The Balaban J connectivity index is 2.29. The lowest BCUT2D eigenvalue weighted by Gasteiger charge is -2.35. The van der Waals surface area contributed by atoms with Crippen molar-refractivity contribution in [3.05, 3.63) is 52.8 Å². The van der Waals surface area contributed by atoms with Crippen LogP contribution in [0.25, 0.3) is 11.1 Å². The van der Waals surface area contributed by atoms with E-state index >= 15 is 0 Å². The van der Waals surface area contributed by atoms with Crippen LogP contribution in [-0.4, -0.2) is 0 Å². The van der Waals surface area contributed by atoms with Gasteiger partial charge in [-0.2, -0.15) is 5.26 Å². The molecule has 1 aliphatic heterocycles. The Labute approximate surface area is 131 Å². The number of nitrogens with zero attached hydrogens (tertiary/aromatic N) is 1. The second-order valence-corrected chi connectivity index (χ2v) is 6.12. The van der Waals surface area contributed by atoms with Crippen molar-refractivity contribution in [3.63, 3.8) is 0 Å². The molecule has 1 heterocycles. The zero-order chi connectivity index (χ0) is 15.2. The molecule has 0 saturated heterocycles. The van der Waals surface area contributed by atoms with Crippen LogP contribution in [0.5, 0.6) is 5.75 Å². The third-order valence-corrected chi connectivity index (χ3v) is 4.35. The van der Waals surface area contributed by atoms with Gasteiger partial charge >= 0.3 is 0 Å². The highest BCUT2D eigenvalue weighted by Crippen LogP contribution is 2.46. The molecule has 2 nitrogen and oxygen atoms in total. The predicted molar refractivity (Wildman–Crippen MR) is 82.8 cm³/mol. The molecule has 0 unspecified atom stereocenters. The van der Waals surface area contributed by atoms with Crippen LogP contribution in [0.15, 0.2) is 30.3 Å². The summed E-state index contributed by atoms with van der Waals surface area (Å²) in [7, 11) is 0. The predicted octanol–water partition coefficient (Wildman–Crippen LogP) is 4.89. The number of nitriles is 1. The Bertz CT molecular complexity index is 777. The molecule has 4 heteroatoms. The van der Waals surface area contributed by atoms with Crippen molar-refractivity contribution >= 4 is 15.9 Å². The van der Waals surface area contributed by atoms with E-state index in [0.717, 1.165) is 16.7 Å². The van der Waals surface area contributed by atoms with Crippen molar-refractivity contribution in [1.82, 2.24) is 0 Å². The Hall–Kier alpha value is -1.86. The lowest BCUT2D eigenvalue weighted by molar-refractivity contribution is 0.105. The highest BCUT2D eigenvalue weighted by molar-refractivity contribution is 9.08. The lowest BCUT2D eigenvalue weighted by Crippen LogP contribution is -2.29. The Morgan fingerprint density at radius 1 is 1.24 bits per heavy atom. The van der Waals surface area contributed by atoms with Crippen LogP contribution in [0, 0.1) is 17.1 Å². The zero-order valence-corrected chi connectivity index (χ0v) is 13.3. The minimum Gasteiger partial charge on any atom is -0.482 e. The summed E-state index contributed by atoms with van der Waals surface area (Å²) in [5.41, 5.74) is 3.14. The number of hydrogen-bond acceptors (Lipinski definition) is 2. The molecule has 0 fully saturated rings. The van der Waals surface area contributed by atoms with E-state index in [9.17, 15) is 4.39 Å². The fourth-order valence-corrected chi connectivity index (χ4v) is 3.10. The number of rotatable bonds is 1. The average molecular weight is 346 g/mol. The molecule has 2 aromatic carbocycles. The third-order valence-electron chi connectivity index (χ3n) is 3.75. The fraction of sp³-hybridized carbons (Fsp3) is 0.235. The fourth-order valence-electron chi connectivity index (χ4n) is 2.67. The molecule has 0 spiro atoms. The summed E-state index contributed by atoms with van der Waals surface area (Å²) in [5, 5.41) is 9.50. The maximum Gasteiger partial charge on any atom is 0.129 e. The van der Waals surface area contributed by atoms with E-state index in [1.54, 1.807) is 12.1 Å². The first-order valence-electron chi connectivity index (χ1n) is 6.58. The summed E-state index contributed by atoms with van der Waals surface area (Å²) in [5.74, 6) is 0.414. The van der Waals surface area contributed by atoms with Gasteiger partial charge in [0.05, 0.1) is 11.6 Å². The molecular formula is C17H13BrFNO. The molecule has 2 aromatic rings. The monoisotopic (exact) mass is 345 g/mol. The van der Waals surface area contributed by atoms with Crippen LogP contribution in [0.1, 0.15) is 30.5 Å². The lowest BCUT2D eigenvalue weighted by atomic mass is 9.85. The van der Waals surface area contributed by atoms with E-state index in [-0.39, 0.29) is 5.82 Å². The van der Waals surface area contributed by atoms with Crippen LogP contribution in [-0.2, 0) is 10.9 Å². The second-order valence-electron chi connectivity index (χ2n) is 5.56. The summed E-state index contributed by atoms with van der Waals surface area (Å²) < 4.78 is 20.1. The van der Waals surface area contributed by atoms with Crippen LogP contribution in [0.4, 0.5) is 4.39 Å². The SMILES string of the molecule is CC1(C)Oc2cc(CBr)c(F)cc2-c2ccc(C#N)cc21. The van der Waals surface area contributed by atoms with E-state index in [0.29, 0.717) is 22.2 Å². The van der Waals surface area contributed by atoms with Gasteiger partial charge in [0.1, 0.15) is 17.2 Å². The normalized spacial score (nSPS) is 14.6. The second kappa shape index (κ2) is 4.85. The van der Waals surface area contributed by atoms with E-state index in [1.165, 1.54) is 6.07 Å². The largest absolute Gasteiger partial charge is 0.482 e. The Morgan fingerprint density at radius 3 is 2.67 bits per heavy atom. The molecule has 106 valence electrons. The van der Waals surface area contributed by atoms with Crippen molar-refractivity contribution in [2.45, 2.75) is 24.8 Å². The number of fused-ring (bicyclic) bond motifs is 3. The first kappa shape index (κ1) is 14.1. The number of alkyl halides is 1. The van der Waals surface area contributed by atoms with Gasteiger partial charge in [0.25, 0.3) is 0 Å². The van der Waals surface area contributed by atoms with Gasteiger partial charge in [-0.15, -0.1) is 0 Å². The van der Waals surface area contributed by atoms with Crippen molar-refractivity contribution < 1.29 is 9.13 Å². The highest BCUT2D eigenvalue weighted by Gasteiger charge is 2.33. The molecule has 0 N–H and O–H groups in total. The van der Waals surface area contributed by atoms with Gasteiger partial charge in [0.2, 0.25) is 0 Å². The molecule has 0 radical (unpaired) electrons. The van der Waals surface area contributed by atoms with Gasteiger partial charge in [-0.1, -0.05) is 22.0 Å². The van der Waals surface area contributed by atoms with E-state index in [4.69, 9.17) is 10.00 Å². The van der Waals surface area contributed by atoms with Gasteiger partial charge in [-0.3, -0.25) is 0 Å². The van der Waals surface area contributed by atoms with E-state index < -0.39 is 5.60 Å². The summed E-state index contributed by atoms with van der Waals surface area (Å²) in [6.45, 7) is 3.90. The first-order chi connectivity index (χ1) is 9.96. The summed E-state index contributed by atoms with van der Waals surface area (Å²) in [6.07, 6.45) is 0. The number of benzene rings is 2. The standard InChI is InChI=1S/C17H13BrFNO/c1-17(2)14-5-10(9-20)3-4-12(14)13-7-15(19)11(8-18)6-16(13)21-17/h3-7H,8H2,1-2H3. The summed E-state index contributed by atoms with van der Waals surface area (Å²) in [4.78, 5) is 0. The molecule has 0 saturated carbocycles. The van der Waals surface area contributed by atoms with Crippen LogP contribution >= 0.6 is 15.9 Å². The van der Waals surface area contributed by atoms with E-state index in [1.807, 2.05) is 26.0 Å². The maximum absolute atomic E-state index is 14.1. The molecular weight excluding hydrogens is 333 g/mol. The van der Waals surface area contributed by atoms with Crippen molar-refractivity contribution in [1.29, 1.82) is 5.26 Å². The topological polar surface area (TPSA) is 33.0 Å². The van der Waals surface area contributed by atoms with Crippen molar-refractivity contribution in [2.75, 3.05) is 0 Å². The first-order valence-corrected chi connectivity index (χ1v) is 7.71. The number of hydrogen-bond donors (Lipinski definition) is 0. The third kappa shape index (κ3) is 2.22. The van der Waals surface area contributed by atoms with Gasteiger partial charge in [0.15, 0.2) is 0 Å². The van der Waals surface area contributed by atoms with Gasteiger partial charge in [0, 0.05) is 22.0 Å². The maximum atomic E-state index is 14.1. The number of ether oxygens (including phenoxy) is 1. The van der Waals surface area contributed by atoms with Crippen molar-refractivity contribution in [3.8, 4) is 22.9 Å². The van der Waals surface area contributed by atoms with Crippen LogP contribution in [0.3, 0.4) is 0 Å². The summed E-state index contributed by atoms with van der Waals surface area (Å²) in [6, 6.07) is 10.8. The van der Waals surface area contributed by atoms with Gasteiger partial charge in [-0.05, 0) is 43.7 Å². The van der Waals surface area contributed by atoms with Crippen LogP contribution in [0.2, 0.25) is 0 Å². The molecule has 0 aliphatic carbocycles. The number of halogens is 2. The zero-order valence-electron chi connectivity index (χ0n) is 11.7. The van der Waals surface area contributed by atoms with Crippen molar-refractivity contribution in [2.24, 2.45) is 0 Å².